The van der Waals surface area contributed by atoms with E-state index < -0.39 is 16.3 Å². The number of fused-ring (bicyclic) bond motifs is 1. The summed E-state index contributed by atoms with van der Waals surface area (Å²) < 4.78 is 23.5. The zero-order valence-electron chi connectivity index (χ0n) is 13.5. The number of hydrogen-bond acceptors (Lipinski definition) is 6. The molecule has 1 aliphatic heterocycles. The normalized spacial score (nSPS) is 17.0. The third-order valence-electron chi connectivity index (χ3n) is 3.80. The van der Waals surface area contributed by atoms with E-state index in [1.165, 1.54) is 0 Å². The summed E-state index contributed by atoms with van der Waals surface area (Å²) in [6, 6.07) is 5.63. The molecule has 1 aromatic carbocycles. The Morgan fingerprint density at radius 2 is 1.87 bits per heavy atom. The molecule has 2 unspecified atom stereocenters. The number of nitrogens with zero attached hydrogens (tertiary/aromatic N) is 1. The summed E-state index contributed by atoms with van der Waals surface area (Å²) in [5.74, 6) is 1.47. The highest BCUT2D eigenvalue weighted by molar-refractivity contribution is 7.85. The van der Waals surface area contributed by atoms with Crippen molar-refractivity contribution in [2.45, 2.75) is 24.4 Å². The second kappa shape index (κ2) is 6.08. The maximum absolute atomic E-state index is 12.9. The van der Waals surface area contributed by atoms with Crippen LogP contribution in [0.25, 0.3) is 0 Å². The van der Waals surface area contributed by atoms with E-state index in [1.807, 2.05) is 32.0 Å². The highest BCUT2D eigenvalue weighted by Crippen LogP contribution is 2.35. The van der Waals surface area contributed by atoms with E-state index in [0.717, 1.165) is 34.0 Å². The molecule has 0 amide bonds. The lowest BCUT2D eigenvalue weighted by Crippen LogP contribution is -2.28. The zero-order valence-corrected chi connectivity index (χ0v) is 14.3. The van der Waals surface area contributed by atoms with E-state index in [-0.39, 0.29) is 0 Å². The molecule has 0 spiro atoms. The molecule has 6 nitrogen and oxygen atoms in total. The monoisotopic (exact) mass is 333 g/mol. The van der Waals surface area contributed by atoms with Crippen LogP contribution in [-0.2, 0) is 10.8 Å². The maximum Gasteiger partial charge on any atom is 0.181 e. The first-order valence-corrected chi connectivity index (χ1v) is 8.38. The van der Waals surface area contributed by atoms with E-state index in [1.54, 1.807) is 20.4 Å². The van der Waals surface area contributed by atoms with E-state index in [2.05, 4.69) is 15.6 Å². The molecule has 0 radical (unpaired) electrons. The molecule has 2 atom stereocenters. The number of methoxy groups -OCH3 is 2. The maximum atomic E-state index is 12.9. The van der Waals surface area contributed by atoms with Crippen LogP contribution in [0.2, 0.25) is 0 Å². The molecule has 122 valence electrons. The van der Waals surface area contributed by atoms with Crippen LogP contribution in [0.4, 0.5) is 11.4 Å². The standard InChI is InChI=1S/C16H19N3O3S/c1-9-8-17-15(10(2)14(9)22-4)23(20)16-18-12-6-5-11(21-3)7-13(12)19-16/h5-8,16,18-19H,1-4H3. The van der Waals surface area contributed by atoms with Crippen LogP contribution in [0.5, 0.6) is 11.5 Å². The van der Waals surface area contributed by atoms with Crippen molar-refractivity contribution in [3.63, 3.8) is 0 Å². The molecule has 2 heterocycles. The Morgan fingerprint density at radius 3 is 2.57 bits per heavy atom. The van der Waals surface area contributed by atoms with E-state index in [0.29, 0.717) is 5.03 Å². The summed E-state index contributed by atoms with van der Waals surface area (Å²) >= 11 is 0. The molecule has 0 aliphatic carbocycles. The van der Waals surface area contributed by atoms with Crippen molar-refractivity contribution in [3.8, 4) is 11.5 Å². The van der Waals surface area contributed by atoms with Gasteiger partial charge in [-0.05, 0) is 26.0 Å². The molecule has 2 aromatic rings. The highest BCUT2D eigenvalue weighted by atomic mass is 32.2. The third-order valence-corrected chi connectivity index (χ3v) is 5.26. The fraction of sp³-hybridized carbons (Fsp3) is 0.312. The average molecular weight is 333 g/mol. The van der Waals surface area contributed by atoms with Gasteiger partial charge in [0.25, 0.3) is 0 Å². The summed E-state index contributed by atoms with van der Waals surface area (Å²) in [5.41, 5.74) is 3.02. The van der Waals surface area contributed by atoms with Crippen LogP contribution in [-0.4, -0.2) is 28.9 Å². The number of aromatic nitrogens is 1. The van der Waals surface area contributed by atoms with Crippen molar-refractivity contribution in [1.29, 1.82) is 0 Å². The van der Waals surface area contributed by atoms with Crippen molar-refractivity contribution in [3.05, 3.63) is 35.5 Å². The number of nitrogens with one attached hydrogen (secondary N) is 2. The summed E-state index contributed by atoms with van der Waals surface area (Å²) in [7, 11) is 1.84. The van der Waals surface area contributed by atoms with Gasteiger partial charge in [0.1, 0.15) is 27.3 Å². The number of anilines is 2. The number of ether oxygens (including phenoxy) is 2. The summed E-state index contributed by atoms with van der Waals surface area (Å²) in [4.78, 5) is 4.34. The quantitative estimate of drug-likeness (QED) is 0.896. The lowest BCUT2D eigenvalue weighted by molar-refractivity contribution is 0.405. The van der Waals surface area contributed by atoms with Gasteiger partial charge in [0.15, 0.2) is 5.50 Å². The van der Waals surface area contributed by atoms with Gasteiger partial charge in [0.2, 0.25) is 0 Å². The molecule has 1 aromatic heterocycles. The van der Waals surface area contributed by atoms with Crippen molar-refractivity contribution < 1.29 is 13.7 Å². The third kappa shape index (κ3) is 2.72. The van der Waals surface area contributed by atoms with E-state index in [4.69, 9.17) is 9.47 Å². The van der Waals surface area contributed by atoms with Crippen LogP contribution < -0.4 is 20.1 Å². The van der Waals surface area contributed by atoms with E-state index in [9.17, 15) is 4.21 Å². The lowest BCUT2D eigenvalue weighted by Gasteiger charge is -2.15. The number of benzene rings is 1. The van der Waals surface area contributed by atoms with Gasteiger partial charge in [-0.2, -0.15) is 0 Å². The van der Waals surface area contributed by atoms with Crippen molar-refractivity contribution in [2.75, 3.05) is 24.9 Å². The van der Waals surface area contributed by atoms with Crippen LogP contribution in [0, 0.1) is 13.8 Å². The first-order valence-electron chi connectivity index (χ1n) is 7.17. The molecule has 7 heteroatoms. The molecule has 0 saturated carbocycles. The summed E-state index contributed by atoms with van der Waals surface area (Å²) in [6.07, 6.45) is 1.68. The Bertz CT molecular complexity index is 779. The molecule has 0 fully saturated rings. The highest BCUT2D eigenvalue weighted by Gasteiger charge is 2.28. The van der Waals surface area contributed by atoms with Gasteiger partial charge in [-0.15, -0.1) is 0 Å². The Balaban J connectivity index is 1.88. The predicted octanol–water partition coefficient (Wildman–Crippen LogP) is 2.64. The molecular formula is C16H19N3O3S. The van der Waals surface area contributed by atoms with Crippen molar-refractivity contribution in [2.24, 2.45) is 0 Å². The lowest BCUT2D eigenvalue weighted by atomic mass is 10.2. The summed E-state index contributed by atoms with van der Waals surface area (Å²) in [6.45, 7) is 3.79. The van der Waals surface area contributed by atoms with Gasteiger partial charge in [-0.25, -0.2) is 9.19 Å². The first-order chi connectivity index (χ1) is 11.0. The molecule has 23 heavy (non-hydrogen) atoms. The summed E-state index contributed by atoms with van der Waals surface area (Å²) in [5, 5.41) is 6.94. The Kier molecular flexibility index (Phi) is 4.12. The van der Waals surface area contributed by atoms with Crippen LogP contribution in [0.3, 0.4) is 0 Å². The molecular weight excluding hydrogens is 314 g/mol. The van der Waals surface area contributed by atoms with Gasteiger partial charge < -0.3 is 20.1 Å². The minimum Gasteiger partial charge on any atom is -0.497 e. The number of aryl methyl sites for hydroxylation is 1. The van der Waals surface area contributed by atoms with Gasteiger partial charge >= 0.3 is 0 Å². The largest absolute Gasteiger partial charge is 0.497 e. The molecule has 3 rings (SSSR count). The van der Waals surface area contributed by atoms with Gasteiger partial charge in [-0.3, -0.25) is 0 Å². The number of pyridine rings is 1. The fourth-order valence-corrected chi connectivity index (χ4v) is 3.90. The average Bonchev–Trinajstić information content (AvgIpc) is 2.97. The SMILES string of the molecule is COc1ccc2c(c1)NC(S(=O)c1ncc(C)c(OC)c1C)N2. The second-order valence-electron chi connectivity index (χ2n) is 5.28. The zero-order chi connectivity index (χ0) is 16.6. The minimum absolute atomic E-state index is 0.448. The second-order valence-corrected chi connectivity index (χ2v) is 6.74. The Hall–Kier alpha value is -2.28. The topological polar surface area (TPSA) is 72.5 Å². The van der Waals surface area contributed by atoms with Crippen LogP contribution in [0.1, 0.15) is 11.1 Å². The van der Waals surface area contributed by atoms with Crippen molar-refractivity contribution >= 4 is 22.2 Å². The van der Waals surface area contributed by atoms with Crippen LogP contribution in [0.15, 0.2) is 29.4 Å². The molecule has 0 saturated heterocycles. The molecule has 1 aliphatic rings. The Morgan fingerprint density at radius 1 is 1.13 bits per heavy atom. The smallest absolute Gasteiger partial charge is 0.181 e. The van der Waals surface area contributed by atoms with Crippen LogP contribution >= 0.6 is 0 Å². The Labute approximate surface area is 137 Å². The minimum atomic E-state index is -1.38. The number of hydrogen-bond donors (Lipinski definition) is 2. The fourth-order valence-electron chi connectivity index (χ4n) is 2.65. The molecule has 2 N–H and O–H groups in total. The number of rotatable bonds is 4. The predicted molar refractivity (Wildman–Crippen MR) is 90.7 cm³/mol. The molecule has 0 bridgehead atoms. The first kappa shape index (κ1) is 15.6. The van der Waals surface area contributed by atoms with Gasteiger partial charge in [-0.1, -0.05) is 0 Å². The van der Waals surface area contributed by atoms with E-state index >= 15 is 0 Å². The van der Waals surface area contributed by atoms with Crippen molar-refractivity contribution in [1.82, 2.24) is 4.98 Å². The van der Waals surface area contributed by atoms with Gasteiger partial charge in [0.05, 0.1) is 25.6 Å². The van der Waals surface area contributed by atoms with Gasteiger partial charge in [0, 0.05) is 23.4 Å².